The first kappa shape index (κ1) is 14.4. The summed E-state index contributed by atoms with van der Waals surface area (Å²) in [5.74, 6) is 1.59. The van der Waals surface area contributed by atoms with E-state index >= 15 is 0 Å². The monoisotopic (exact) mass is 271 g/mol. The van der Waals surface area contributed by atoms with Crippen molar-refractivity contribution in [2.45, 2.75) is 18.9 Å². The van der Waals surface area contributed by atoms with E-state index in [0.717, 1.165) is 29.9 Å². The maximum absolute atomic E-state index is 6.24. The highest BCUT2D eigenvalue weighted by atomic mass is 16.5. The lowest BCUT2D eigenvalue weighted by atomic mass is 9.99. The fraction of sp³-hybridized carbons (Fsp3) is 0.294. The first-order chi connectivity index (χ1) is 9.71. The quantitative estimate of drug-likeness (QED) is 0.878. The predicted octanol–water partition coefficient (Wildman–Crippen LogP) is 2.82. The van der Waals surface area contributed by atoms with Crippen molar-refractivity contribution in [1.29, 1.82) is 0 Å². The Bertz CT molecular complexity index is 518. The molecule has 0 heterocycles. The molecule has 2 aromatic carbocycles. The molecule has 2 N–H and O–H groups in total. The van der Waals surface area contributed by atoms with Crippen LogP contribution in [0.15, 0.2) is 48.5 Å². The van der Waals surface area contributed by atoms with Gasteiger partial charge in [0.25, 0.3) is 0 Å². The van der Waals surface area contributed by atoms with Crippen LogP contribution in [-0.2, 0) is 12.8 Å². The van der Waals surface area contributed by atoms with Crippen molar-refractivity contribution in [3.05, 3.63) is 59.7 Å². The second-order valence-corrected chi connectivity index (χ2v) is 4.87. The van der Waals surface area contributed by atoms with Gasteiger partial charge in [0.15, 0.2) is 0 Å². The molecule has 3 nitrogen and oxygen atoms in total. The van der Waals surface area contributed by atoms with Crippen LogP contribution in [0, 0.1) is 0 Å². The minimum absolute atomic E-state index is 0.0780. The van der Waals surface area contributed by atoms with Crippen molar-refractivity contribution in [2.75, 3.05) is 14.2 Å². The van der Waals surface area contributed by atoms with Gasteiger partial charge in [0.05, 0.1) is 14.2 Å². The Labute approximate surface area is 120 Å². The summed E-state index contributed by atoms with van der Waals surface area (Å²) in [7, 11) is 3.31. The van der Waals surface area contributed by atoms with E-state index < -0.39 is 0 Å². The van der Waals surface area contributed by atoms with E-state index in [1.54, 1.807) is 14.2 Å². The molecule has 0 saturated carbocycles. The SMILES string of the molecule is COc1cc(CC(N)Cc2ccccc2)cc(OC)c1. The summed E-state index contributed by atoms with van der Waals surface area (Å²) in [5.41, 5.74) is 8.63. The third-order valence-corrected chi connectivity index (χ3v) is 3.25. The molecular formula is C17H21NO2. The number of ether oxygens (including phenoxy) is 2. The predicted molar refractivity (Wildman–Crippen MR) is 81.4 cm³/mol. The standard InChI is InChI=1S/C17H21NO2/c1-19-16-10-14(11-17(12-16)20-2)9-15(18)8-13-6-4-3-5-7-13/h3-7,10-12,15H,8-9,18H2,1-2H3. The van der Waals surface area contributed by atoms with Crippen LogP contribution in [0.4, 0.5) is 0 Å². The van der Waals surface area contributed by atoms with Crippen LogP contribution in [0.5, 0.6) is 11.5 Å². The van der Waals surface area contributed by atoms with Gasteiger partial charge in [-0.3, -0.25) is 0 Å². The van der Waals surface area contributed by atoms with E-state index in [1.807, 2.05) is 36.4 Å². The van der Waals surface area contributed by atoms with Gasteiger partial charge in [-0.1, -0.05) is 30.3 Å². The van der Waals surface area contributed by atoms with Crippen LogP contribution in [0.25, 0.3) is 0 Å². The number of rotatable bonds is 6. The van der Waals surface area contributed by atoms with E-state index in [1.165, 1.54) is 5.56 Å². The summed E-state index contributed by atoms with van der Waals surface area (Å²) in [6.45, 7) is 0. The third-order valence-electron chi connectivity index (χ3n) is 3.25. The number of nitrogens with two attached hydrogens (primary N) is 1. The molecule has 0 fully saturated rings. The second-order valence-electron chi connectivity index (χ2n) is 4.87. The van der Waals surface area contributed by atoms with Gasteiger partial charge in [0, 0.05) is 12.1 Å². The van der Waals surface area contributed by atoms with E-state index in [2.05, 4.69) is 12.1 Å². The molecule has 2 aromatic rings. The zero-order chi connectivity index (χ0) is 14.4. The molecule has 0 aliphatic rings. The van der Waals surface area contributed by atoms with Gasteiger partial charge in [-0.05, 0) is 36.1 Å². The lowest BCUT2D eigenvalue weighted by Crippen LogP contribution is -2.25. The summed E-state index contributed by atoms with van der Waals surface area (Å²) in [4.78, 5) is 0. The average Bonchev–Trinajstić information content (AvgIpc) is 2.47. The number of hydrogen-bond acceptors (Lipinski definition) is 3. The highest BCUT2D eigenvalue weighted by molar-refractivity contribution is 5.38. The molecule has 20 heavy (non-hydrogen) atoms. The zero-order valence-corrected chi connectivity index (χ0v) is 12.0. The van der Waals surface area contributed by atoms with Crippen molar-refractivity contribution in [2.24, 2.45) is 5.73 Å². The summed E-state index contributed by atoms with van der Waals surface area (Å²) < 4.78 is 10.6. The number of benzene rings is 2. The second kappa shape index (κ2) is 6.96. The average molecular weight is 271 g/mol. The van der Waals surface area contributed by atoms with E-state index in [0.29, 0.717) is 0 Å². The molecule has 106 valence electrons. The normalized spacial score (nSPS) is 11.9. The smallest absolute Gasteiger partial charge is 0.122 e. The largest absolute Gasteiger partial charge is 0.497 e. The molecule has 0 aliphatic carbocycles. The highest BCUT2D eigenvalue weighted by Gasteiger charge is 2.08. The summed E-state index contributed by atoms with van der Waals surface area (Å²) >= 11 is 0. The van der Waals surface area contributed by atoms with Gasteiger partial charge in [-0.25, -0.2) is 0 Å². The zero-order valence-electron chi connectivity index (χ0n) is 12.0. The van der Waals surface area contributed by atoms with Crippen LogP contribution in [0.3, 0.4) is 0 Å². The highest BCUT2D eigenvalue weighted by Crippen LogP contribution is 2.23. The molecule has 0 radical (unpaired) electrons. The van der Waals surface area contributed by atoms with E-state index in [-0.39, 0.29) is 6.04 Å². The third kappa shape index (κ3) is 4.00. The van der Waals surface area contributed by atoms with Crippen molar-refractivity contribution in [3.63, 3.8) is 0 Å². The Balaban J connectivity index is 2.05. The lowest BCUT2D eigenvalue weighted by Gasteiger charge is -2.14. The Morgan fingerprint density at radius 2 is 1.40 bits per heavy atom. The minimum Gasteiger partial charge on any atom is -0.497 e. The summed E-state index contributed by atoms with van der Waals surface area (Å²) in [6.07, 6.45) is 1.66. The number of methoxy groups -OCH3 is 2. The van der Waals surface area contributed by atoms with Crippen LogP contribution in [0.2, 0.25) is 0 Å². The molecule has 0 amide bonds. The van der Waals surface area contributed by atoms with Gasteiger partial charge in [-0.2, -0.15) is 0 Å². The molecule has 0 aromatic heterocycles. The first-order valence-electron chi connectivity index (χ1n) is 6.72. The van der Waals surface area contributed by atoms with Crippen LogP contribution in [-0.4, -0.2) is 20.3 Å². The summed E-state index contributed by atoms with van der Waals surface area (Å²) in [6, 6.07) is 16.3. The molecule has 1 atom stereocenters. The first-order valence-corrected chi connectivity index (χ1v) is 6.72. The molecule has 0 spiro atoms. The van der Waals surface area contributed by atoms with E-state index in [4.69, 9.17) is 15.2 Å². The van der Waals surface area contributed by atoms with Gasteiger partial charge in [0.2, 0.25) is 0 Å². The molecule has 3 heteroatoms. The Kier molecular flexibility index (Phi) is 5.02. The molecule has 2 rings (SSSR count). The number of hydrogen-bond donors (Lipinski definition) is 1. The lowest BCUT2D eigenvalue weighted by molar-refractivity contribution is 0.393. The van der Waals surface area contributed by atoms with Crippen molar-refractivity contribution < 1.29 is 9.47 Å². The fourth-order valence-electron chi connectivity index (χ4n) is 2.28. The van der Waals surface area contributed by atoms with Gasteiger partial charge < -0.3 is 15.2 Å². The maximum Gasteiger partial charge on any atom is 0.122 e. The molecule has 1 unspecified atom stereocenters. The van der Waals surface area contributed by atoms with Crippen molar-refractivity contribution in [3.8, 4) is 11.5 Å². The molecule has 0 saturated heterocycles. The Morgan fingerprint density at radius 1 is 0.850 bits per heavy atom. The van der Waals surface area contributed by atoms with Gasteiger partial charge >= 0.3 is 0 Å². The fourth-order valence-corrected chi connectivity index (χ4v) is 2.28. The topological polar surface area (TPSA) is 44.5 Å². The van der Waals surface area contributed by atoms with Crippen LogP contribution < -0.4 is 15.2 Å². The van der Waals surface area contributed by atoms with Crippen LogP contribution in [0.1, 0.15) is 11.1 Å². The summed E-state index contributed by atoms with van der Waals surface area (Å²) in [5, 5.41) is 0. The Morgan fingerprint density at radius 3 is 1.95 bits per heavy atom. The minimum atomic E-state index is 0.0780. The van der Waals surface area contributed by atoms with Gasteiger partial charge in [0.1, 0.15) is 11.5 Å². The van der Waals surface area contributed by atoms with Crippen molar-refractivity contribution in [1.82, 2.24) is 0 Å². The van der Waals surface area contributed by atoms with Gasteiger partial charge in [-0.15, -0.1) is 0 Å². The Hall–Kier alpha value is -2.00. The van der Waals surface area contributed by atoms with Crippen LogP contribution >= 0.6 is 0 Å². The van der Waals surface area contributed by atoms with E-state index in [9.17, 15) is 0 Å². The van der Waals surface area contributed by atoms with Crippen molar-refractivity contribution >= 4 is 0 Å². The molecule has 0 aliphatic heterocycles. The maximum atomic E-state index is 6.24. The molecule has 0 bridgehead atoms. The molecular weight excluding hydrogens is 250 g/mol.